The minimum Gasteiger partial charge on any atom is -0.392 e. The van der Waals surface area contributed by atoms with E-state index in [0.29, 0.717) is 18.5 Å². The van der Waals surface area contributed by atoms with E-state index >= 15 is 0 Å². The Morgan fingerprint density at radius 2 is 1.59 bits per heavy atom. The van der Waals surface area contributed by atoms with Gasteiger partial charge in [0.15, 0.2) is 6.29 Å². The molecule has 9 nitrogen and oxygen atoms in total. The van der Waals surface area contributed by atoms with Gasteiger partial charge in [-0.3, -0.25) is 14.8 Å². The Bertz CT molecular complexity index is 2060. The van der Waals surface area contributed by atoms with E-state index in [0.717, 1.165) is 64.1 Å². The van der Waals surface area contributed by atoms with Crippen LogP contribution in [0.2, 0.25) is 0 Å². The number of rotatable bonds is 12. The molecule has 0 spiro atoms. The Balaban J connectivity index is 1.05. The predicted molar refractivity (Wildman–Crippen MR) is 196 cm³/mol. The smallest absolute Gasteiger partial charge is 0.271 e. The molecule has 0 aliphatic carbocycles. The average molecular weight is 680 g/mol. The molecule has 1 amide bonds. The number of nitrogens with one attached hydrogen (secondary N) is 1. The molecule has 3 atom stereocenters. The molecule has 51 heavy (non-hydrogen) atoms. The third-order valence-corrected chi connectivity index (χ3v) is 9.24. The van der Waals surface area contributed by atoms with Crippen LogP contribution in [0.15, 0.2) is 128 Å². The van der Waals surface area contributed by atoms with Gasteiger partial charge in [0.2, 0.25) is 0 Å². The second-order valence-electron chi connectivity index (χ2n) is 12.9. The van der Waals surface area contributed by atoms with Crippen molar-refractivity contribution in [2.75, 3.05) is 20.1 Å². The van der Waals surface area contributed by atoms with Crippen LogP contribution in [0.4, 0.5) is 0 Å². The van der Waals surface area contributed by atoms with Gasteiger partial charge in [0, 0.05) is 49.9 Å². The molecule has 258 valence electrons. The van der Waals surface area contributed by atoms with Crippen molar-refractivity contribution < 1.29 is 19.4 Å². The van der Waals surface area contributed by atoms with E-state index in [4.69, 9.17) is 9.47 Å². The standard InChI is InChI=1S/C42H41N5O4/c1-47(23-21-34-9-6-7-22-43-34)27-35-24-40(31-15-13-29(28-48)14-16-31)51-42(50-35)32-19-17-30(18-20-32)36-10-3-2-8-33(36)25-45-41(49)39-26-44-37-11-4-5-12-38(37)46-39/h2-20,22,26,35,40,42,48H,21,23-25,27-28H2,1H3,(H,45,49)/t35-,40+,42+/m1/s1. The van der Waals surface area contributed by atoms with Gasteiger partial charge < -0.3 is 24.8 Å². The molecule has 7 rings (SSSR count). The largest absolute Gasteiger partial charge is 0.392 e. The molecular formula is C42H41N5O4. The van der Waals surface area contributed by atoms with Gasteiger partial charge in [0.05, 0.1) is 36.0 Å². The normalized spacial score (nSPS) is 17.4. The van der Waals surface area contributed by atoms with Gasteiger partial charge >= 0.3 is 0 Å². The van der Waals surface area contributed by atoms with Gasteiger partial charge in [-0.1, -0.05) is 91.0 Å². The summed E-state index contributed by atoms with van der Waals surface area (Å²) < 4.78 is 13.2. The summed E-state index contributed by atoms with van der Waals surface area (Å²) in [6, 6.07) is 37.8. The van der Waals surface area contributed by atoms with Gasteiger partial charge in [-0.05, 0) is 59.1 Å². The fourth-order valence-corrected chi connectivity index (χ4v) is 6.43. The van der Waals surface area contributed by atoms with E-state index in [1.54, 1.807) is 0 Å². The lowest BCUT2D eigenvalue weighted by Gasteiger charge is -2.38. The van der Waals surface area contributed by atoms with Gasteiger partial charge in [-0.15, -0.1) is 0 Å². The van der Waals surface area contributed by atoms with E-state index in [1.807, 2.05) is 85.1 Å². The van der Waals surface area contributed by atoms with Gasteiger partial charge in [0.25, 0.3) is 5.91 Å². The van der Waals surface area contributed by atoms with Crippen LogP contribution in [0, 0.1) is 0 Å². The number of aliphatic hydroxyl groups is 1. The molecule has 1 aliphatic rings. The number of fused-ring (bicyclic) bond motifs is 1. The van der Waals surface area contributed by atoms with Crippen molar-refractivity contribution in [3.63, 3.8) is 0 Å². The minimum absolute atomic E-state index is 0.00220. The van der Waals surface area contributed by atoms with E-state index in [2.05, 4.69) is 68.6 Å². The summed E-state index contributed by atoms with van der Waals surface area (Å²) in [5.74, 6) is -0.275. The van der Waals surface area contributed by atoms with Crippen LogP contribution in [0.1, 0.15) is 57.3 Å². The number of nitrogens with zero attached hydrogens (tertiary/aromatic N) is 4. The molecule has 0 bridgehead atoms. The highest BCUT2D eigenvalue weighted by molar-refractivity contribution is 5.93. The number of aromatic nitrogens is 3. The molecule has 1 saturated heterocycles. The first-order valence-corrected chi connectivity index (χ1v) is 17.3. The summed E-state index contributed by atoms with van der Waals surface area (Å²) in [5, 5.41) is 12.6. The molecule has 2 aromatic heterocycles. The molecule has 6 aromatic rings. The van der Waals surface area contributed by atoms with Crippen LogP contribution < -0.4 is 5.32 Å². The molecule has 9 heteroatoms. The van der Waals surface area contributed by atoms with Gasteiger partial charge in [0.1, 0.15) is 5.69 Å². The maximum atomic E-state index is 13.0. The Labute approximate surface area is 298 Å². The van der Waals surface area contributed by atoms with Crippen LogP contribution in [0.3, 0.4) is 0 Å². The van der Waals surface area contributed by atoms with Crippen molar-refractivity contribution in [1.29, 1.82) is 0 Å². The zero-order valence-corrected chi connectivity index (χ0v) is 28.6. The summed E-state index contributed by atoms with van der Waals surface area (Å²) in [6.07, 6.45) is 4.14. The number of likely N-dealkylation sites (N-methyl/N-ethyl adjacent to an activating group) is 1. The summed E-state index contributed by atoms with van der Waals surface area (Å²) in [7, 11) is 2.12. The molecule has 0 radical (unpaired) electrons. The third-order valence-electron chi connectivity index (χ3n) is 9.24. The second kappa shape index (κ2) is 16.1. The van der Waals surface area contributed by atoms with E-state index in [1.165, 1.54) is 6.20 Å². The highest BCUT2D eigenvalue weighted by Gasteiger charge is 2.33. The quantitative estimate of drug-likeness (QED) is 0.145. The summed E-state index contributed by atoms with van der Waals surface area (Å²) in [6.45, 7) is 1.96. The van der Waals surface area contributed by atoms with E-state index < -0.39 is 6.29 Å². The van der Waals surface area contributed by atoms with Crippen molar-refractivity contribution in [1.82, 2.24) is 25.2 Å². The topological polar surface area (TPSA) is 110 Å². The van der Waals surface area contributed by atoms with Gasteiger partial charge in [-0.2, -0.15) is 0 Å². The third kappa shape index (κ3) is 8.53. The molecule has 2 N–H and O–H groups in total. The highest BCUT2D eigenvalue weighted by atomic mass is 16.7. The van der Waals surface area contributed by atoms with Crippen LogP contribution in [0.25, 0.3) is 22.2 Å². The van der Waals surface area contributed by atoms with Crippen LogP contribution in [-0.4, -0.2) is 57.1 Å². The lowest BCUT2D eigenvalue weighted by molar-refractivity contribution is -0.252. The lowest BCUT2D eigenvalue weighted by Crippen LogP contribution is -2.38. The summed E-state index contributed by atoms with van der Waals surface area (Å²) in [4.78, 5) is 28.6. The first-order valence-electron chi connectivity index (χ1n) is 17.3. The number of hydrogen-bond donors (Lipinski definition) is 2. The maximum Gasteiger partial charge on any atom is 0.271 e. The SMILES string of the molecule is CN(CCc1ccccn1)C[C@H]1C[C@@H](c2ccc(CO)cc2)O[C@@H](c2ccc(-c3ccccc3CNC(=O)c3cnc4ccccc4n3)cc2)O1. The minimum atomic E-state index is -0.554. The number of hydrogen-bond acceptors (Lipinski definition) is 8. The van der Waals surface area contributed by atoms with Crippen molar-refractivity contribution in [2.24, 2.45) is 0 Å². The summed E-state index contributed by atoms with van der Waals surface area (Å²) in [5.41, 5.74) is 8.66. The fourth-order valence-electron chi connectivity index (χ4n) is 6.43. The first-order chi connectivity index (χ1) is 25.0. The number of carbonyl (C=O) groups excluding carboxylic acids is 1. The van der Waals surface area contributed by atoms with Crippen molar-refractivity contribution in [3.8, 4) is 11.1 Å². The lowest BCUT2D eigenvalue weighted by atomic mass is 9.97. The number of ether oxygens (including phenoxy) is 2. The molecule has 0 unspecified atom stereocenters. The first kappa shape index (κ1) is 34.1. The van der Waals surface area contributed by atoms with Crippen molar-refractivity contribution in [3.05, 3.63) is 161 Å². The number of para-hydroxylation sites is 2. The zero-order chi connectivity index (χ0) is 35.0. The Hall–Kier alpha value is -5.32. The molecule has 1 fully saturated rings. The van der Waals surface area contributed by atoms with Crippen molar-refractivity contribution in [2.45, 2.75) is 44.5 Å². The number of pyridine rings is 1. The van der Waals surface area contributed by atoms with Gasteiger partial charge in [-0.25, -0.2) is 4.98 Å². The molecule has 3 heterocycles. The zero-order valence-electron chi connectivity index (χ0n) is 28.6. The Kier molecular flexibility index (Phi) is 10.8. The number of benzene rings is 4. The van der Waals surface area contributed by atoms with Crippen LogP contribution in [0.5, 0.6) is 0 Å². The fraction of sp³-hybridized carbons (Fsp3) is 0.238. The number of aliphatic hydroxyl groups excluding tert-OH is 1. The molecular weight excluding hydrogens is 638 g/mol. The van der Waals surface area contributed by atoms with Crippen LogP contribution >= 0.6 is 0 Å². The summed E-state index contributed by atoms with van der Waals surface area (Å²) >= 11 is 0. The molecule has 4 aromatic carbocycles. The predicted octanol–water partition coefficient (Wildman–Crippen LogP) is 6.83. The number of carbonyl (C=O) groups is 1. The maximum absolute atomic E-state index is 13.0. The van der Waals surface area contributed by atoms with E-state index in [-0.39, 0.29) is 30.4 Å². The monoisotopic (exact) mass is 679 g/mol. The Morgan fingerprint density at radius 3 is 2.37 bits per heavy atom. The number of amides is 1. The van der Waals surface area contributed by atoms with E-state index in [9.17, 15) is 9.90 Å². The molecule has 0 saturated carbocycles. The van der Waals surface area contributed by atoms with Crippen LogP contribution in [-0.2, 0) is 29.0 Å². The average Bonchev–Trinajstić information content (AvgIpc) is 3.19. The second-order valence-corrected chi connectivity index (χ2v) is 12.9. The highest BCUT2D eigenvalue weighted by Crippen LogP contribution is 2.39. The molecule has 1 aliphatic heterocycles. The Morgan fingerprint density at radius 1 is 0.843 bits per heavy atom. The van der Waals surface area contributed by atoms with Crippen molar-refractivity contribution >= 4 is 16.9 Å².